The van der Waals surface area contributed by atoms with Crippen LogP contribution in [0, 0.1) is 0 Å². The average Bonchev–Trinajstić information content (AvgIpc) is 3.82. The second-order valence-electron chi connectivity index (χ2n) is 17.9. The van der Waals surface area contributed by atoms with E-state index < -0.39 is 8.07 Å². The maximum atomic E-state index is 6.19. The zero-order valence-corrected chi connectivity index (χ0v) is 39.1. The third-order valence-corrected chi connectivity index (χ3v) is 18.6. The van der Waals surface area contributed by atoms with Crippen LogP contribution in [0.15, 0.2) is 265 Å². The molecule has 5 heteroatoms. The maximum Gasteiger partial charge on any atom is 0.179 e. The number of hydrogen-bond donors (Lipinski definition) is 0. The first kappa shape index (κ1) is 41.2. The van der Waals surface area contributed by atoms with Gasteiger partial charge in [-0.15, -0.1) is 0 Å². The fourth-order valence-electron chi connectivity index (χ4n) is 10.6. The Morgan fingerprint density at radius 3 is 1.43 bits per heavy atom. The third kappa shape index (κ3) is 7.11. The van der Waals surface area contributed by atoms with Gasteiger partial charge in [-0.1, -0.05) is 231 Å². The van der Waals surface area contributed by atoms with E-state index in [1.807, 2.05) is 12.1 Å². The molecule has 328 valence electrons. The number of aromatic nitrogens is 3. The zero-order valence-electron chi connectivity index (χ0n) is 38.1. The van der Waals surface area contributed by atoms with Crippen molar-refractivity contribution in [2.75, 3.05) is 0 Å². The second-order valence-corrected chi connectivity index (χ2v) is 21.7. The number of furan rings is 1. The highest BCUT2D eigenvalue weighted by Crippen LogP contribution is 2.37. The van der Waals surface area contributed by atoms with Crippen LogP contribution in [0.3, 0.4) is 0 Å². The van der Waals surface area contributed by atoms with E-state index in [1.54, 1.807) is 0 Å². The number of nitrogens with zero attached hydrogens (tertiary/aromatic N) is 3. The molecule has 70 heavy (non-hydrogen) atoms. The summed E-state index contributed by atoms with van der Waals surface area (Å²) in [5.74, 6) is 1.83. The van der Waals surface area contributed by atoms with Gasteiger partial charge in [0.2, 0.25) is 0 Å². The van der Waals surface area contributed by atoms with Crippen molar-refractivity contribution in [2.24, 2.45) is 0 Å². The molecule has 0 atom stereocenters. The number of para-hydroxylation sites is 1. The van der Waals surface area contributed by atoms with Crippen LogP contribution < -0.4 is 20.7 Å². The summed E-state index contributed by atoms with van der Waals surface area (Å²) in [7, 11) is -2.72. The van der Waals surface area contributed by atoms with Crippen molar-refractivity contribution in [2.45, 2.75) is 0 Å². The number of hydrogen-bond acceptors (Lipinski definition) is 4. The summed E-state index contributed by atoms with van der Waals surface area (Å²) < 4.78 is 6.19. The normalized spacial score (nSPS) is 11.7. The number of benzene rings is 11. The molecule has 11 aromatic carbocycles. The molecule has 0 unspecified atom stereocenters. The van der Waals surface area contributed by atoms with E-state index >= 15 is 0 Å². The fourth-order valence-corrected chi connectivity index (χ4v) is 15.3. The second kappa shape index (κ2) is 17.2. The molecule has 0 radical (unpaired) electrons. The molecular formula is C65H43N3OSi. The highest BCUT2D eigenvalue weighted by atomic mass is 28.3. The molecule has 2 heterocycles. The lowest BCUT2D eigenvalue weighted by atomic mass is 9.95. The molecule has 4 nitrogen and oxygen atoms in total. The minimum atomic E-state index is -2.72. The Morgan fingerprint density at radius 1 is 0.257 bits per heavy atom. The Kier molecular flexibility index (Phi) is 10.1. The average molecular weight is 910 g/mol. The molecule has 0 fully saturated rings. The van der Waals surface area contributed by atoms with Gasteiger partial charge in [-0.2, -0.15) is 0 Å². The lowest BCUT2D eigenvalue weighted by molar-refractivity contribution is 0.669. The lowest BCUT2D eigenvalue weighted by Crippen LogP contribution is -2.74. The largest absolute Gasteiger partial charge is 0.456 e. The van der Waals surface area contributed by atoms with E-state index in [2.05, 4.69) is 249 Å². The first-order valence-electron chi connectivity index (χ1n) is 23.7. The Labute approximate surface area is 406 Å². The van der Waals surface area contributed by atoms with E-state index in [4.69, 9.17) is 19.4 Å². The number of fused-ring (bicyclic) bond motifs is 5. The summed E-state index contributed by atoms with van der Waals surface area (Å²) in [6.45, 7) is 0. The standard InChI is InChI=1S/C65H43N3OSi/c1-5-18-44(19-6-1)55-29-16-31-57-56(55)30-17-32-59(57)65-67-63(49-21-15-20-45(40-49)48-37-39-62-60(43-48)58-28-13-14-33-61(58)69-62)66-64(68-65)50-35-34-47-42-54(38-36-46(47)41-50)70(51-22-7-2-8-23-51,52-24-9-3-10-25-52)53-26-11-4-12-27-53/h1-43H. The van der Waals surface area contributed by atoms with Crippen LogP contribution in [0.1, 0.15) is 0 Å². The van der Waals surface area contributed by atoms with Crippen LogP contribution in [0.5, 0.6) is 0 Å². The van der Waals surface area contributed by atoms with Crippen molar-refractivity contribution in [1.29, 1.82) is 0 Å². The molecule has 0 aliphatic rings. The highest BCUT2D eigenvalue weighted by molar-refractivity contribution is 7.20. The van der Waals surface area contributed by atoms with Gasteiger partial charge in [0, 0.05) is 27.5 Å². The highest BCUT2D eigenvalue weighted by Gasteiger charge is 2.41. The van der Waals surface area contributed by atoms with Crippen LogP contribution in [-0.2, 0) is 0 Å². The molecule has 0 amide bonds. The molecule has 2 aromatic heterocycles. The van der Waals surface area contributed by atoms with Gasteiger partial charge in [-0.05, 0) is 94.9 Å². The fraction of sp³-hybridized carbons (Fsp3) is 0. The first-order valence-corrected chi connectivity index (χ1v) is 25.7. The molecule has 0 N–H and O–H groups in total. The van der Waals surface area contributed by atoms with Gasteiger partial charge in [0.1, 0.15) is 11.2 Å². The van der Waals surface area contributed by atoms with Crippen LogP contribution in [0.2, 0.25) is 0 Å². The first-order chi connectivity index (χ1) is 34.7. The van der Waals surface area contributed by atoms with Crippen LogP contribution in [-0.4, -0.2) is 23.0 Å². The van der Waals surface area contributed by atoms with Gasteiger partial charge >= 0.3 is 0 Å². The summed E-state index contributed by atoms with van der Waals surface area (Å²) >= 11 is 0. The van der Waals surface area contributed by atoms with Crippen LogP contribution in [0.25, 0.3) is 99.9 Å². The summed E-state index contributed by atoms with van der Waals surface area (Å²) in [5.41, 5.74) is 9.00. The van der Waals surface area contributed by atoms with E-state index in [1.165, 1.54) is 20.7 Å². The van der Waals surface area contributed by atoms with Crippen molar-refractivity contribution < 1.29 is 4.42 Å². The summed E-state index contributed by atoms with van der Waals surface area (Å²) in [6.07, 6.45) is 0. The summed E-state index contributed by atoms with van der Waals surface area (Å²) in [5, 5.41) is 12.0. The molecule has 0 aliphatic carbocycles. The van der Waals surface area contributed by atoms with E-state index in [0.717, 1.165) is 82.4 Å². The topological polar surface area (TPSA) is 51.8 Å². The molecular weight excluding hydrogens is 867 g/mol. The SMILES string of the molecule is c1ccc(-c2cccc3c(-c4nc(-c5cccc(-c6ccc7oc8ccccc8c7c6)c5)nc(-c5ccc6cc([Si](c7ccccc7)(c7ccccc7)c7ccccc7)ccc6c5)n4)cccc23)cc1. The molecule has 0 aliphatic heterocycles. The van der Waals surface area contributed by atoms with Crippen LogP contribution in [0.4, 0.5) is 0 Å². The maximum absolute atomic E-state index is 6.19. The van der Waals surface area contributed by atoms with E-state index in [-0.39, 0.29) is 0 Å². The van der Waals surface area contributed by atoms with Crippen molar-refractivity contribution >= 4 is 72.3 Å². The van der Waals surface area contributed by atoms with Crippen molar-refractivity contribution in [3.05, 3.63) is 261 Å². The van der Waals surface area contributed by atoms with Crippen LogP contribution >= 0.6 is 0 Å². The molecule has 13 aromatic rings. The quantitative estimate of drug-likeness (QED) is 0.107. The molecule has 13 rings (SSSR count). The predicted octanol–water partition coefficient (Wildman–Crippen LogP) is 13.8. The van der Waals surface area contributed by atoms with Crippen molar-refractivity contribution in [3.8, 4) is 56.4 Å². The van der Waals surface area contributed by atoms with Gasteiger partial charge in [-0.3, -0.25) is 0 Å². The minimum absolute atomic E-state index is 0.604. The van der Waals surface area contributed by atoms with Gasteiger partial charge < -0.3 is 4.42 Å². The van der Waals surface area contributed by atoms with Gasteiger partial charge in [0.05, 0.1) is 0 Å². The molecule has 0 saturated carbocycles. The zero-order chi connectivity index (χ0) is 46.4. The Balaban J connectivity index is 0.972. The number of rotatable bonds is 9. The van der Waals surface area contributed by atoms with E-state index in [0.29, 0.717) is 17.5 Å². The smallest absolute Gasteiger partial charge is 0.179 e. The van der Waals surface area contributed by atoms with E-state index in [9.17, 15) is 0 Å². The van der Waals surface area contributed by atoms with Gasteiger partial charge in [0.15, 0.2) is 25.5 Å². The Morgan fingerprint density at radius 2 is 0.729 bits per heavy atom. The summed E-state index contributed by atoms with van der Waals surface area (Å²) in [4.78, 5) is 16.0. The minimum Gasteiger partial charge on any atom is -0.456 e. The molecule has 0 bridgehead atoms. The summed E-state index contributed by atoms with van der Waals surface area (Å²) in [6, 6.07) is 93.5. The lowest BCUT2D eigenvalue weighted by Gasteiger charge is -2.34. The molecule has 0 spiro atoms. The van der Waals surface area contributed by atoms with Crippen molar-refractivity contribution in [3.63, 3.8) is 0 Å². The molecule has 0 saturated heterocycles. The Bertz CT molecular complexity index is 3960. The van der Waals surface area contributed by atoms with Crippen molar-refractivity contribution in [1.82, 2.24) is 15.0 Å². The van der Waals surface area contributed by atoms with Gasteiger partial charge in [-0.25, -0.2) is 15.0 Å². The predicted molar refractivity (Wildman–Crippen MR) is 293 cm³/mol. The van der Waals surface area contributed by atoms with Gasteiger partial charge in [0.25, 0.3) is 0 Å². The third-order valence-electron chi connectivity index (χ3n) is 13.9. The Hall–Kier alpha value is -9.03. The monoisotopic (exact) mass is 909 g/mol.